The Morgan fingerprint density at radius 2 is 1.75 bits per heavy atom. The Hall–Kier alpha value is -2.09. The number of nitrogens with zero attached hydrogens (tertiary/aromatic N) is 2. The van der Waals surface area contributed by atoms with Gasteiger partial charge in [-0.2, -0.15) is 13.2 Å². The number of halogens is 3. The van der Waals surface area contributed by atoms with Crippen molar-refractivity contribution in [2.24, 2.45) is 0 Å². The molecule has 2 amide bonds. The fourth-order valence-corrected chi connectivity index (χ4v) is 2.48. The molecular weight excluding hydrogens is 325 g/mol. The van der Waals surface area contributed by atoms with Crippen LogP contribution in [0.1, 0.15) is 18.9 Å². The van der Waals surface area contributed by atoms with E-state index in [1.807, 2.05) is 0 Å². The number of carbonyl (C=O) groups is 2. The van der Waals surface area contributed by atoms with Crippen LogP contribution in [0.4, 0.5) is 18.9 Å². The predicted molar refractivity (Wildman–Crippen MR) is 81.5 cm³/mol. The Morgan fingerprint density at radius 1 is 1.17 bits per heavy atom. The van der Waals surface area contributed by atoms with Crippen molar-refractivity contribution in [1.82, 2.24) is 4.90 Å². The molecule has 1 aliphatic heterocycles. The smallest absolute Gasteiger partial charge is 0.378 e. The highest BCUT2D eigenvalue weighted by atomic mass is 19.4. The molecule has 0 aliphatic carbocycles. The van der Waals surface area contributed by atoms with Crippen LogP contribution in [0.25, 0.3) is 0 Å². The lowest BCUT2D eigenvalue weighted by molar-refractivity contribution is -0.137. The zero-order valence-corrected chi connectivity index (χ0v) is 13.3. The molecule has 1 heterocycles. The third-order valence-electron chi connectivity index (χ3n) is 3.80. The van der Waals surface area contributed by atoms with E-state index >= 15 is 0 Å². The summed E-state index contributed by atoms with van der Waals surface area (Å²) in [4.78, 5) is 26.9. The number of hydrogen-bond acceptors (Lipinski definition) is 3. The summed E-state index contributed by atoms with van der Waals surface area (Å²) in [6.07, 6.45) is -4.31. The monoisotopic (exact) mass is 344 g/mol. The van der Waals surface area contributed by atoms with Crippen molar-refractivity contribution in [3.8, 4) is 0 Å². The summed E-state index contributed by atoms with van der Waals surface area (Å²) < 4.78 is 43.0. The van der Waals surface area contributed by atoms with Crippen molar-refractivity contribution >= 4 is 17.5 Å². The maximum absolute atomic E-state index is 12.6. The van der Waals surface area contributed by atoms with E-state index in [4.69, 9.17) is 4.74 Å². The van der Waals surface area contributed by atoms with E-state index in [1.54, 1.807) is 4.90 Å². The topological polar surface area (TPSA) is 49.9 Å². The number of morpholine rings is 1. The second kappa shape index (κ2) is 7.65. The molecule has 0 spiro atoms. The largest absolute Gasteiger partial charge is 0.416 e. The molecule has 0 unspecified atom stereocenters. The molecule has 8 heteroatoms. The Bertz CT molecular complexity index is 581. The van der Waals surface area contributed by atoms with E-state index in [-0.39, 0.29) is 24.8 Å². The van der Waals surface area contributed by atoms with Crippen molar-refractivity contribution in [3.63, 3.8) is 0 Å². The molecule has 1 aliphatic rings. The fourth-order valence-electron chi connectivity index (χ4n) is 2.48. The van der Waals surface area contributed by atoms with E-state index in [2.05, 4.69) is 0 Å². The van der Waals surface area contributed by atoms with Gasteiger partial charge in [0.15, 0.2) is 0 Å². The summed E-state index contributed by atoms with van der Waals surface area (Å²) >= 11 is 0. The van der Waals surface area contributed by atoms with Crippen LogP contribution in [0.15, 0.2) is 24.3 Å². The quantitative estimate of drug-likeness (QED) is 0.842. The average Bonchev–Trinajstić information content (AvgIpc) is 2.55. The third kappa shape index (κ3) is 4.70. The lowest BCUT2D eigenvalue weighted by Crippen LogP contribution is -2.42. The van der Waals surface area contributed by atoms with E-state index in [0.29, 0.717) is 32.0 Å². The minimum atomic E-state index is -4.42. The van der Waals surface area contributed by atoms with Crippen LogP contribution in [-0.2, 0) is 20.5 Å². The molecule has 1 aromatic rings. The van der Waals surface area contributed by atoms with Gasteiger partial charge in [-0.1, -0.05) is 0 Å². The van der Waals surface area contributed by atoms with Gasteiger partial charge >= 0.3 is 6.18 Å². The molecule has 1 fully saturated rings. The lowest BCUT2D eigenvalue weighted by atomic mass is 10.2. The van der Waals surface area contributed by atoms with Crippen LogP contribution in [0, 0.1) is 0 Å². The first-order chi connectivity index (χ1) is 11.3. The van der Waals surface area contributed by atoms with E-state index < -0.39 is 11.7 Å². The number of rotatable bonds is 4. The number of anilines is 1. The summed E-state index contributed by atoms with van der Waals surface area (Å²) in [6, 6.07) is 4.33. The highest BCUT2D eigenvalue weighted by Gasteiger charge is 2.30. The summed E-state index contributed by atoms with van der Waals surface area (Å²) in [5, 5.41) is 0. The third-order valence-corrected chi connectivity index (χ3v) is 3.80. The molecule has 24 heavy (non-hydrogen) atoms. The predicted octanol–water partition coefficient (Wildman–Crippen LogP) is 2.31. The standard InChI is InChI=1S/C16H19F3N2O3/c1-12(22)21(7-6-15(23)20-8-10-24-11-9-20)14-4-2-13(3-5-14)16(17,18)19/h2-5H,6-11H2,1H3. The van der Waals surface area contributed by atoms with Crippen LogP contribution in [-0.4, -0.2) is 49.6 Å². The minimum absolute atomic E-state index is 0.100. The lowest BCUT2D eigenvalue weighted by Gasteiger charge is -2.28. The SMILES string of the molecule is CC(=O)N(CCC(=O)N1CCOCC1)c1ccc(C(F)(F)F)cc1. The number of hydrogen-bond donors (Lipinski definition) is 0. The van der Waals surface area contributed by atoms with Gasteiger partial charge in [0, 0.05) is 38.7 Å². The van der Waals surface area contributed by atoms with Crippen LogP contribution in [0.2, 0.25) is 0 Å². The van der Waals surface area contributed by atoms with Crippen molar-refractivity contribution in [2.75, 3.05) is 37.7 Å². The minimum Gasteiger partial charge on any atom is -0.378 e. The van der Waals surface area contributed by atoms with Crippen molar-refractivity contribution in [3.05, 3.63) is 29.8 Å². The summed E-state index contributed by atoms with van der Waals surface area (Å²) in [7, 11) is 0. The molecule has 1 aromatic carbocycles. The molecule has 132 valence electrons. The van der Waals surface area contributed by atoms with Gasteiger partial charge in [-0.05, 0) is 24.3 Å². The molecule has 0 bridgehead atoms. The van der Waals surface area contributed by atoms with Gasteiger partial charge in [0.1, 0.15) is 0 Å². The normalized spacial score (nSPS) is 15.2. The van der Waals surface area contributed by atoms with Gasteiger partial charge in [0.25, 0.3) is 0 Å². The molecular formula is C16H19F3N2O3. The Balaban J connectivity index is 2.01. The van der Waals surface area contributed by atoms with Crippen molar-refractivity contribution < 1.29 is 27.5 Å². The molecule has 1 saturated heterocycles. The van der Waals surface area contributed by atoms with Gasteiger partial charge in [-0.3, -0.25) is 9.59 Å². The van der Waals surface area contributed by atoms with Gasteiger partial charge < -0.3 is 14.5 Å². The highest BCUT2D eigenvalue weighted by molar-refractivity contribution is 5.92. The first-order valence-corrected chi connectivity index (χ1v) is 7.60. The zero-order chi connectivity index (χ0) is 17.7. The van der Waals surface area contributed by atoms with Gasteiger partial charge in [0.2, 0.25) is 11.8 Å². The Kier molecular flexibility index (Phi) is 5.82. The molecule has 0 N–H and O–H groups in total. The van der Waals surface area contributed by atoms with E-state index in [1.165, 1.54) is 24.0 Å². The summed E-state index contributed by atoms with van der Waals surface area (Å²) in [6.45, 7) is 3.44. The maximum Gasteiger partial charge on any atom is 0.416 e. The number of benzene rings is 1. The highest BCUT2D eigenvalue weighted by Crippen LogP contribution is 2.30. The maximum atomic E-state index is 12.6. The Morgan fingerprint density at radius 3 is 2.25 bits per heavy atom. The second-order valence-corrected chi connectivity index (χ2v) is 5.46. The summed E-state index contributed by atoms with van der Waals surface area (Å²) in [5.41, 5.74) is -0.440. The van der Waals surface area contributed by atoms with Crippen LogP contribution in [0.5, 0.6) is 0 Å². The first kappa shape index (κ1) is 18.3. The van der Waals surface area contributed by atoms with Crippen molar-refractivity contribution in [2.45, 2.75) is 19.5 Å². The van der Waals surface area contributed by atoms with E-state index in [9.17, 15) is 22.8 Å². The zero-order valence-electron chi connectivity index (χ0n) is 13.3. The van der Waals surface area contributed by atoms with Gasteiger partial charge in [0.05, 0.1) is 18.8 Å². The summed E-state index contributed by atoms with van der Waals surface area (Å²) in [5.74, 6) is -0.430. The average molecular weight is 344 g/mol. The van der Waals surface area contributed by atoms with Gasteiger partial charge in [-0.15, -0.1) is 0 Å². The molecule has 0 radical (unpaired) electrons. The first-order valence-electron chi connectivity index (χ1n) is 7.60. The molecule has 2 rings (SSSR count). The molecule has 0 atom stereocenters. The number of ether oxygens (including phenoxy) is 1. The molecule has 0 saturated carbocycles. The molecule has 5 nitrogen and oxygen atoms in total. The van der Waals surface area contributed by atoms with Crippen LogP contribution in [0.3, 0.4) is 0 Å². The van der Waals surface area contributed by atoms with E-state index in [0.717, 1.165) is 12.1 Å². The fraction of sp³-hybridized carbons (Fsp3) is 0.500. The molecule has 0 aromatic heterocycles. The number of amides is 2. The Labute approximate surface area is 138 Å². The van der Waals surface area contributed by atoms with Crippen molar-refractivity contribution in [1.29, 1.82) is 0 Å². The number of alkyl halides is 3. The van der Waals surface area contributed by atoms with Crippen LogP contribution < -0.4 is 4.90 Å². The second-order valence-electron chi connectivity index (χ2n) is 5.46. The van der Waals surface area contributed by atoms with Crippen LogP contribution >= 0.6 is 0 Å². The van der Waals surface area contributed by atoms with Gasteiger partial charge in [-0.25, -0.2) is 0 Å². The number of carbonyl (C=O) groups excluding carboxylic acids is 2.